The summed E-state index contributed by atoms with van der Waals surface area (Å²) in [5.41, 5.74) is 2.85. The van der Waals surface area contributed by atoms with E-state index in [0.29, 0.717) is 18.5 Å². The molecule has 0 saturated heterocycles. The lowest BCUT2D eigenvalue weighted by Crippen LogP contribution is -2.30. The van der Waals surface area contributed by atoms with E-state index in [0.717, 1.165) is 22.3 Å². The molecule has 2 heterocycles. The number of para-hydroxylation sites is 1. The van der Waals surface area contributed by atoms with Gasteiger partial charge in [-0.05, 0) is 38.0 Å². The van der Waals surface area contributed by atoms with Crippen molar-refractivity contribution >= 4 is 16.9 Å². The molecule has 0 aliphatic heterocycles. The molecule has 0 aliphatic carbocycles. The Morgan fingerprint density at radius 3 is 2.83 bits per heavy atom. The van der Waals surface area contributed by atoms with Crippen LogP contribution in [0.25, 0.3) is 11.0 Å². The molecule has 2 aromatic heterocycles. The summed E-state index contributed by atoms with van der Waals surface area (Å²) in [5.74, 6) is -0.427. The topological polar surface area (TPSA) is 88.0 Å². The molecular weight excluding hydrogens is 294 g/mol. The molecule has 0 atom stereocenters. The molecule has 0 aliphatic rings. The van der Waals surface area contributed by atoms with Crippen LogP contribution in [-0.2, 0) is 6.42 Å². The average Bonchev–Trinajstić information content (AvgIpc) is 2.86. The number of benzene rings is 1. The Bertz CT molecular complexity index is 905. The number of fused-ring (bicyclic) bond motifs is 1. The van der Waals surface area contributed by atoms with Crippen LogP contribution in [0, 0.1) is 13.8 Å². The molecule has 0 fully saturated rings. The summed E-state index contributed by atoms with van der Waals surface area (Å²) < 4.78 is 5.17. The number of nitrogens with zero attached hydrogens (tertiary/aromatic N) is 1. The minimum Gasteiger partial charge on any atom is -0.422 e. The summed E-state index contributed by atoms with van der Waals surface area (Å²) in [4.78, 5) is 24.1. The zero-order valence-electron chi connectivity index (χ0n) is 13.0. The molecule has 2 N–H and O–H groups in total. The smallest absolute Gasteiger partial charge is 0.349 e. The summed E-state index contributed by atoms with van der Waals surface area (Å²) in [6, 6.07) is 8.66. The molecule has 0 unspecified atom stereocenters. The van der Waals surface area contributed by atoms with Crippen molar-refractivity contribution in [1.82, 2.24) is 15.5 Å². The van der Waals surface area contributed by atoms with Gasteiger partial charge in [-0.15, -0.1) is 0 Å². The van der Waals surface area contributed by atoms with Crippen LogP contribution in [0.5, 0.6) is 0 Å². The molecule has 118 valence electrons. The molecule has 3 aromatic rings. The first-order valence-electron chi connectivity index (χ1n) is 7.38. The van der Waals surface area contributed by atoms with Gasteiger partial charge in [-0.3, -0.25) is 9.89 Å². The zero-order chi connectivity index (χ0) is 16.4. The predicted molar refractivity (Wildman–Crippen MR) is 86.6 cm³/mol. The maximum atomic E-state index is 12.2. The maximum Gasteiger partial charge on any atom is 0.349 e. The first-order chi connectivity index (χ1) is 11.1. The van der Waals surface area contributed by atoms with Gasteiger partial charge in [-0.2, -0.15) is 5.10 Å². The Morgan fingerprint density at radius 2 is 2.09 bits per heavy atom. The first kappa shape index (κ1) is 15.0. The van der Waals surface area contributed by atoms with Gasteiger partial charge < -0.3 is 9.73 Å². The Labute approximate surface area is 132 Å². The van der Waals surface area contributed by atoms with Gasteiger partial charge in [0, 0.05) is 17.6 Å². The predicted octanol–water partition coefficient (Wildman–Crippen LogP) is 2.11. The van der Waals surface area contributed by atoms with Crippen molar-refractivity contribution in [3.63, 3.8) is 0 Å². The van der Waals surface area contributed by atoms with Gasteiger partial charge >= 0.3 is 5.63 Å². The highest BCUT2D eigenvalue weighted by atomic mass is 16.4. The van der Waals surface area contributed by atoms with Crippen molar-refractivity contribution in [1.29, 1.82) is 0 Å². The third-order valence-electron chi connectivity index (χ3n) is 3.83. The molecule has 0 bridgehead atoms. The van der Waals surface area contributed by atoms with Gasteiger partial charge in [-0.1, -0.05) is 18.2 Å². The second-order valence-electron chi connectivity index (χ2n) is 5.40. The SMILES string of the molecule is Cc1n[nH]c(C)c1CCNC(=O)c1cc2ccccc2oc1=O. The molecule has 0 saturated carbocycles. The third-order valence-corrected chi connectivity index (χ3v) is 3.83. The number of carbonyl (C=O) groups is 1. The molecule has 1 amide bonds. The Kier molecular flexibility index (Phi) is 3.97. The van der Waals surface area contributed by atoms with Crippen molar-refractivity contribution < 1.29 is 9.21 Å². The van der Waals surface area contributed by atoms with Crippen molar-refractivity contribution in [2.75, 3.05) is 6.54 Å². The van der Waals surface area contributed by atoms with E-state index in [9.17, 15) is 9.59 Å². The normalized spacial score (nSPS) is 10.9. The third kappa shape index (κ3) is 3.01. The highest BCUT2D eigenvalue weighted by molar-refractivity contribution is 5.96. The highest BCUT2D eigenvalue weighted by Gasteiger charge is 2.14. The lowest BCUT2D eigenvalue weighted by molar-refractivity contribution is 0.0950. The second-order valence-corrected chi connectivity index (χ2v) is 5.40. The van der Waals surface area contributed by atoms with Gasteiger partial charge in [0.05, 0.1) is 5.69 Å². The van der Waals surface area contributed by atoms with Crippen LogP contribution >= 0.6 is 0 Å². The molecule has 0 spiro atoms. The summed E-state index contributed by atoms with van der Waals surface area (Å²) in [6.07, 6.45) is 0.652. The highest BCUT2D eigenvalue weighted by Crippen LogP contribution is 2.13. The lowest BCUT2D eigenvalue weighted by atomic mass is 10.1. The van der Waals surface area contributed by atoms with Gasteiger partial charge in [0.2, 0.25) is 0 Å². The number of amides is 1. The summed E-state index contributed by atoms with van der Waals surface area (Å²) >= 11 is 0. The fourth-order valence-electron chi connectivity index (χ4n) is 2.56. The van der Waals surface area contributed by atoms with Crippen molar-refractivity contribution in [2.45, 2.75) is 20.3 Å². The van der Waals surface area contributed by atoms with E-state index in [2.05, 4.69) is 15.5 Å². The van der Waals surface area contributed by atoms with Crippen LogP contribution in [-0.4, -0.2) is 22.6 Å². The molecular formula is C17H17N3O3. The van der Waals surface area contributed by atoms with E-state index in [1.165, 1.54) is 0 Å². The Morgan fingerprint density at radius 1 is 1.30 bits per heavy atom. The van der Waals surface area contributed by atoms with E-state index < -0.39 is 11.5 Å². The lowest BCUT2D eigenvalue weighted by Gasteiger charge is -2.05. The summed E-state index contributed by atoms with van der Waals surface area (Å²) in [7, 11) is 0. The number of nitrogens with one attached hydrogen (secondary N) is 2. The van der Waals surface area contributed by atoms with Gasteiger partial charge in [0.1, 0.15) is 11.1 Å². The van der Waals surface area contributed by atoms with E-state index in [4.69, 9.17) is 4.42 Å². The van der Waals surface area contributed by atoms with Crippen LogP contribution in [0.3, 0.4) is 0 Å². The van der Waals surface area contributed by atoms with Gasteiger partial charge in [-0.25, -0.2) is 4.79 Å². The minimum atomic E-state index is -0.628. The number of aromatic amines is 1. The number of H-pyrrole nitrogens is 1. The van der Waals surface area contributed by atoms with E-state index in [1.54, 1.807) is 24.3 Å². The van der Waals surface area contributed by atoms with Crippen molar-refractivity contribution in [3.8, 4) is 0 Å². The fraction of sp³-hybridized carbons (Fsp3) is 0.235. The Hall–Kier alpha value is -2.89. The zero-order valence-corrected chi connectivity index (χ0v) is 13.0. The number of aromatic nitrogens is 2. The molecule has 6 nitrogen and oxygen atoms in total. The van der Waals surface area contributed by atoms with Crippen molar-refractivity contribution in [3.05, 3.63) is 63.3 Å². The first-order valence-corrected chi connectivity index (χ1v) is 7.38. The molecule has 23 heavy (non-hydrogen) atoms. The maximum absolute atomic E-state index is 12.2. The van der Waals surface area contributed by atoms with E-state index in [1.807, 2.05) is 19.9 Å². The Balaban J connectivity index is 1.73. The van der Waals surface area contributed by atoms with Gasteiger partial charge in [0.15, 0.2) is 0 Å². The molecule has 3 rings (SSSR count). The molecule has 6 heteroatoms. The number of rotatable bonds is 4. The fourth-order valence-corrected chi connectivity index (χ4v) is 2.56. The summed E-state index contributed by atoms with van der Waals surface area (Å²) in [5, 5.41) is 10.5. The van der Waals surface area contributed by atoms with Crippen LogP contribution in [0.1, 0.15) is 27.3 Å². The number of aryl methyl sites for hydroxylation is 2. The average molecular weight is 311 g/mol. The minimum absolute atomic E-state index is 0.0179. The second kappa shape index (κ2) is 6.08. The number of hydrogen-bond donors (Lipinski definition) is 2. The number of carbonyl (C=O) groups excluding carboxylic acids is 1. The van der Waals surface area contributed by atoms with Gasteiger partial charge in [0.25, 0.3) is 5.91 Å². The standard InChI is InChI=1S/C17H17N3O3/c1-10-13(11(2)20-19-10)7-8-18-16(21)14-9-12-5-3-4-6-15(12)23-17(14)22/h3-6,9H,7-8H2,1-2H3,(H,18,21)(H,19,20). The van der Waals surface area contributed by atoms with Crippen LogP contribution in [0.15, 0.2) is 39.5 Å². The van der Waals surface area contributed by atoms with Crippen LogP contribution in [0.2, 0.25) is 0 Å². The monoisotopic (exact) mass is 311 g/mol. The van der Waals surface area contributed by atoms with Crippen molar-refractivity contribution in [2.24, 2.45) is 0 Å². The largest absolute Gasteiger partial charge is 0.422 e. The summed E-state index contributed by atoms with van der Waals surface area (Å²) in [6.45, 7) is 4.28. The van der Waals surface area contributed by atoms with Crippen LogP contribution < -0.4 is 10.9 Å². The van der Waals surface area contributed by atoms with E-state index in [-0.39, 0.29) is 5.56 Å². The van der Waals surface area contributed by atoms with E-state index >= 15 is 0 Å². The number of hydrogen-bond acceptors (Lipinski definition) is 4. The molecule has 1 aromatic carbocycles. The quantitative estimate of drug-likeness (QED) is 0.722. The molecule has 0 radical (unpaired) electrons. The van der Waals surface area contributed by atoms with Crippen LogP contribution in [0.4, 0.5) is 0 Å².